The summed E-state index contributed by atoms with van der Waals surface area (Å²) in [5, 5.41) is 15.6. The molecule has 0 aliphatic heterocycles. The van der Waals surface area contributed by atoms with Gasteiger partial charge in [0.1, 0.15) is 0 Å². The number of aromatic nitrogens is 1. The van der Waals surface area contributed by atoms with Crippen LogP contribution in [0.3, 0.4) is 0 Å². The second kappa shape index (κ2) is 6.33. The molecule has 1 aromatic heterocycles. The van der Waals surface area contributed by atoms with Crippen LogP contribution in [0.4, 0.5) is 5.69 Å². The Bertz CT molecular complexity index is 942. The number of nitrogens with zero attached hydrogens (tertiary/aromatic N) is 3. The number of hydrogen-bond acceptors (Lipinski definition) is 4. The quantitative estimate of drug-likeness (QED) is 0.455. The Hall–Kier alpha value is -3.48. The van der Waals surface area contributed by atoms with E-state index in [1.165, 1.54) is 24.3 Å². The van der Waals surface area contributed by atoms with Crippen molar-refractivity contribution in [2.24, 2.45) is 12.1 Å². The van der Waals surface area contributed by atoms with Crippen molar-refractivity contribution < 1.29 is 9.72 Å². The molecule has 0 aliphatic rings. The fourth-order valence-electron chi connectivity index (χ4n) is 2.44. The van der Waals surface area contributed by atoms with Gasteiger partial charge in [0.2, 0.25) is 0 Å². The van der Waals surface area contributed by atoms with Crippen molar-refractivity contribution in [1.82, 2.24) is 9.99 Å². The molecule has 24 heavy (non-hydrogen) atoms. The van der Waals surface area contributed by atoms with Gasteiger partial charge in [0, 0.05) is 47.4 Å². The number of benzene rings is 2. The summed E-state index contributed by atoms with van der Waals surface area (Å²) in [5.74, 6) is -0.429. The normalized spacial score (nSPS) is 11.0. The number of amides is 1. The van der Waals surface area contributed by atoms with E-state index in [0.717, 1.165) is 16.5 Å². The first-order chi connectivity index (χ1) is 11.6. The Balaban J connectivity index is 1.73. The highest BCUT2D eigenvalue weighted by atomic mass is 16.6. The maximum Gasteiger partial charge on any atom is 0.271 e. The fourth-order valence-corrected chi connectivity index (χ4v) is 2.44. The predicted molar refractivity (Wildman–Crippen MR) is 91.1 cm³/mol. The molecule has 0 saturated heterocycles. The second-order valence-electron chi connectivity index (χ2n) is 5.22. The van der Waals surface area contributed by atoms with Crippen LogP contribution >= 0.6 is 0 Å². The Kier molecular flexibility index (Phi) is 4.07. The monoisotopic (exact) mass is 322 g/mol. The highest BCUT2D eigenvalue weighted by molar-refractivity contribution is 6.00. The molecule has 0 fully saturated rings. The molecule has 1 N–H and O–H groups in total. The fraction of sp³-hybridized carbons (Fsp3) is 0.0588. The van der Waals surface area contributed by atoms with Gasteiger partial charge in [0.25, 0.3) is 11.6 Å². The van der Waals surface area contributed by atoms with Gasteiger partial charge < -0.3 is 4.57 Å². The van der Waals surface area contributed by atoms with Gasteiger partial charge in [-0.15, -0.1) is 0 Å². The smallest absolute Gasteiger partial charge is 0.271 e. The van der Waals surface area contributed by atoms with Gasteiger partial charge in [-0.1, -0.05) is 18.2 Å². The molecule has 120 valence electrons. The number of rotatable bonds is 4. The van der Waals surface area contributed by atoms with Gasteiger partial charge in [-0.05, 0) is 18.2 Å². The second-order valence-corrected chi connectivity index (χ2v) is 5.22. The number of aryl methyl sites for hydroxylation is 1. The molecule has 1 heterocycles. The van der Waals surface area contributed by atoms with E-state index >= 15 is 0 Å². The van der Waals surface area contributed by atoms with E-state index in [1.807, 2.05) is 42.1 Å². The molecule has 0 spiro atoms. The molecule has 1 amide bonds. The molecular weight excluding hydrogens is 308 g/mol. The predicted octanol–water partition coefficient (Wildman–Crippen LogP) is 2.85. The number of hydrazone groups is 1. The van der Waals surface area contributed by atoms with E-state index in [-0.39, 0.29) is 5.69 Å². The third-order valence-electron chi connectivity index (χ3n) is 3.64. The van der Waals surface area contributed by atoms with E-state index in [2.05, 4.69) is 10.5 Å². The number of non-ortho nitro benzene ring substituents is 1. The summed E-state index contributed by atoms with van der Waals surface area (Å²) in [7, 11) is 1.94. The topological polar surface area (TPSA) is 89.5 Å². The molecule has 0 atom stereocenters. The molecule has 2 aromatic carbocycles. The third-order valence-corrected chi connectivity index (χ3v) is 3.64. The number of nitro groups is 1. The van der Waals surface area contributed by atoms with Crippen LogP contribution in [0.2, 0.25) is 0 Å². The molecule has 0 bridgehead atoms. The summed E-state index contributed by atoms with van der Waals surface area (Å²) in [4.78, 5) is 22.1. The Labute approximate surface area is 137 Å². The maximum atomic E-state index is 12.0. The standard InChI is InChI=1S/C17H14N4O3/c1-20-11-13(15-4-2-3-5-16(15)20)10-18-19-17(22)12-6-8-14(9-7-12)21(23)24/h2-11H,1H3,(H,19,22)/b18-10+. The van der Waals surface area contributed by atoms with Gasteiger partial charge in [0.15, 0.2) is 0 Å². The zero-order valence-corrected chi connectivity index (χ0v) is 12.8. The third kappa shape index (κ3) is 3.00. The number of nitro benzene ring substituents is 1. The zero-order chi connectivity index (χ0) is 17.1. The molecular formula is C17H14N4O3. The summed E-state index contributed by atoms with van der Waals surface area (Å²) in [6.07, 6.45) is 3.50. The minimum atomic E-state index is -0.514. The van der Waals surface area contributed by atoms with E-state index in [4.69, 9.17) is 0 Å². The van der Waals surface area contributed by atoms with E-state index < -0.39 is 10.8 Å². The SMILES string of the molecule is Cn1cc(/C=N/NC(=O)c2ccc([N+](=O)[O-])cc2)c2ccccc21. The van der Waals surface area contributed by atoms with Crippen LogP contribution in [0.1, 0.15) is 15.9 Å². The molecule has 0 radical (unpaired) electrons. The zero-order valence-electron chi connectivity index (χ0n) is 12.8. The first kappa shape index (κ1) is 15.4. The van der Waals surface area contributed by atoms with E-state index in [1.54, 1.807) is 6.21 Å². The number of hydrogen-bond donors (Lipinski definition) is 1. The largest absolute Gasteiger partial charge is 0.350 e. The molecule has 0 unspecified atom stereocenters. The van der Waals surface area contributed by atoms with Crippen LogP contribution in [0.15, 0.2) is 59.8 Å². The minimum Gasteiger partial charge on any atom is -0.350 e. The summed E-state index contributed by atoms with van der Waals surface area (Å²) in [5.41, 5.74) is 4.62. The highest BCUT2D eigenvalue weighted by Crippen LogP contribution is 2.18. The van der Waals surface area contributed by atoms with Crippen molar-refractivity contribution in [3.05, 3.63) is 76.0 Å². The lowest BCUT2D eigenvalue weighted by Crippen LogP contribution is -2.17. The lowest BCUT2D eigenvalue weighted by Gasteiger charge is -1.99. The Morgan fingerprint density at radius 1 is 1.21 bits per heavy atom. The average molecular weight is 322 g/mol. The molecule has 7 nitrogen and oxygen atoms in total. The Morgan fingerprint density at radius 2 is 1.92 bits per heavy atom. The van der Waals surface area contributed by atoms with Crippen LogP contribution in [-0.4, -0.2) is 21.6 Å². The van der Waals surface area contributed by atoms with Crippen LogP contribution in [0.25, 0.3) is 10.9 Å². The Morgan fingerprint density at radius 3 is 2.62 bits per heavy atom. The van der Waals surface area contributed by atoms with Gasteiger partial charge in [0.05, 0.1) is 11.1 Å². The van der Waals surface area contributed by atoms with E-state index in [0.29, 0.717) is 5.56 Å². The van der Waals surface area contributed by atoms with Gasteiger partial charge in [-0.3, -0.25) is 14.9 Å². The van der Waals surface area contributed by atoms with Crippen LogP contribution < -0.4 is 5.43 Å². The van der Waals surface area contributed by atoms with Crippen molar-refractivity contribution in [1.29, 1.82) is 0 Å². The van der Waals surface area contributed by atoms with Crippen molar-refractivity contribution in [3.63, 3.8) is 0 Å². The van der Waals surface area contributed by atoms with Crippen LogP contribution in [-0.2, 0) is 7.05 Å². The number of nitrogens with one attached hydrogen (secondary N) is 1. The first-order valence-corrected chi connectivity index (χ1v) is 7.18. The van der Waals surface area contributed by atoms with Gasteiger partial charge in [-0.25, -0.2) is 5.43 Å². The first-order valence-electron chi connectivity index (χ1n) is 7.18. The maximum absolute atomic E-state index is 12.0. The van der Waals surface area contributed by atoms with Crippen molar-refractivity contribution >= 4 is 28.7 Å². The number of carbonyl (C=O) groups is 1. The summed E-state index contributed by atoms with van der Waals surface area (Å²) < 4.78 is 1.98. The van der Waals surface area contributed by atoms with Crippen LogP contribution in [0.5, 0.6) is 0 Å². The summed E-state index contributed by atoms with van der Waals surface area (Å²) in [6, 6.07) is 13.2. The number of para-hydroxylation sites is 1. The van der Waals surface area contributed by atoms with Gasteiger partial charge in [-0.2, -0.15) is 5.10 Å². The highest BCUT2D eigenvalue weighted by Gasteiger charge is 2.09. The summed E-state index contributed by atoms with van der Waals surface area (Å²) in [6.45, 7) is 0. The van der Waals surface area contributed by atoms with Crippen molar-refractivity contribution in [3.8, 4) is 0 Å². The minimum absolute atomic E-state index is 0.0641. The lowest BCUT2D eigenvalue weighted by atomic mass is 10.2. The molecule has 0 aliphatic carbocycles. The molecule has 0 saturated carbocycles. The van der Waals surface area contributed by atoms with Gasteiger partial charge >= 0.3 is 0 Å². The van der Waals surface area contributed by atoms with Crippen molar-refractivity contribution in [2.75, 3.05) is 0 Å². The van der Waals surface area contributed by atoms with Crippen LogP contribution in [0, 0.1) is 10.1 Å². The molecule has 7 heteroatoms. The summed E-state index contributed by atoms with van der Waals surface area (Å²) >= 11 is 0. The van der Waals surface area contributed by atoms with E-state index in [9.17, 15) is 14.9 Å². The lowest BCUT2D eigenvalue weighted by molar-refractivity contribution is -0.384. The van der Waals surface area contributed by atoms with Crippen molar-refractivity contribution in [2.45, 2.75) is 0 Å². The molecule has 3 aromatic rings. The molecule has 3 rings (SSSR count). The number of fused-ring (bicyclic) bond motifs is 1. The number of carbonyl (C=O) groups excluding carboxylic acids is 1. The average Bonchev–Trinajstić information content (AvgIpc) is 2.91.